The molecule has 1 unspecified atom stereocenters. The molecule has 8 nitrogen and oxygen atoms in total. The van der Waals surface area contributed by atoms with Crippen LogP contribution in [-0.2, 0) is 14.3 Å². The Bertz CT molecular complexity index is 1190. The number of amides is 1. The van der Waals surface area contributed by atoms with Gasteiger partial charge in [0, 0.05) is 41.8 Å². The van der Waals surface area contributed by atoms with Gasteiger partial charge in [0.1, 0.15) is 19.0 Å². The van der Waals surface area contributed by atoms with E-state index in [0.717, 1.165) is 13.1 Å². The summed E-state index contributed by atoms with van der Waals surface area (Å²) in [5.41, 5.74) is 0.824. The second-order valence-corrected chi connectivity index (χ2v) is 9.31. The lowest BCUT2D eigenvalue weighted by Gasteiger charge is -2.31. The van der Waals surface area contributed by atoms with Gasteiger partial charge >= 0.3 is 0 Å². The molecular formula is C25H24Cl2N2O6. The Hall–Kier alpha value is -2.78. The Morgan fingerprint density at radius 1 is 0.943 bits per heavy atom. The maximum atomic E-state index is 13.3. The number of hydrogen-bond acceptors (Lipinski definition) is 7. The van der Waals surface area contributed by atoms with Crippen LogP contribution in [0.3, 0.4) is 0 Å². The van der Waals surface area contributed by atoms with Crippen LogP contribution < -0.4 is 9.47 Å². The number of fused-ring (bicyclic) bond motifs is 1. The number of likely N-dealkylation sites (tertiary alicyclic amines) is 1. The molecule has 35 heavy (non-hydrogen) atoms. The van der Waals surface area contributed by atoms with Gasteiger partial charge in [0.15, 0.2) is 11.5 Å². The van der Waals surface area contributed by atoms with Gasteiger partial charge in [-0.2, -0.15) is 0 Å². The average Bonchev–Trinajstić information content (AvgIpc) is 3.12. The van der Waals surface area contributed by atoms with E-state index in [1.54, 1.807) is 36.4 Å². The second-order valence-electron chi connectivity index (χ2n) is 8.47. The number of halogens is 2. The third-order valence-corrected chi connectivity index (χ3v) is 6.94. The van der Waals surface area contributed by atoms with Crippen LogP contribution in [0.2, 0.25) is 10.0 Å². The number of Topliss-reactive ketones (excluding diaryl/α,β-unsaturated/α-hetero) is 1. The molecule has 0 aliphatic carbocycles. The van der Waals surface area contributed by atoms with Crippen LogP contribution in [-0.4, -0.2) is 79.2 Å². The highest BCUT2D eigenvalue weighted by Crippen LogP contribution is 2.43. The Labute approximate surface area is 212 Å². The smallest absolute Gasteiger partial charge is 0.295 e. The number of aliphatic hydroxyl groups is 1. The number of ether oxygens (including phenoxy) is 3. The minimum atomic E-state index is -0.867. The van der Waals surface area contributed by atoms with Crippen molar-refractivity contribution in [3.8, 4) is 11.5 Å². The fourth-order valence-electron chi connectivity index (χ4n) is 4.58. The van der Waals surface area contributed by atoms with Crippen molar-refractivity contribution in [2.24, 2.45) is 0 Å². The van der Waals surface area contributed by atoms with Crippen molar-refractivity contribution in [3.63, 3.8) is 0 Å². The summed E-state index contributed by atoms with van der Waals surface area (Å²) in [6, 6.07) is 8.92. The van der Waals surface area contributed by atoms with Crippen molar-refractivity contribution in [2.75, 3.05) is 52.6 Å². The number of benzene rings is 2. The third kappa shape index (κ3) is 4.71. The highest BCUT2D eigenvalue weighted by molar-refractivity contribution is 6.47. The summed E-state index contributed by atoms with van der Waals surface area (Å²) in [7, 11) is 0. The molecule has 2 aromatic rings. The number of aliphatic hydroxyl groups excluding tert-OH is 1. The van der Waals surface area contributed by atoms with Gasteiger partial charge in [0.05, 0.1) is 24.8 Å². The van der Waals surface area contributed by atoms with E-state index in [9.17, 15) is 14.7 Å². The fourth-order valence-corrected chi connectivity index (χ4v) is 5.09. The summed E-state index contributed by atoms with van der Waals surface area (Å²) in [6.07, 6.45) is 0. The second kappa shape index (κ2) is 10.1. The van der Waals surface area contributed by atoms with Crippen molar-refractivity contribution < 1.29 is 28.9 Å². The first-order chi connectivity index (χ1) is 16.9. The molecule has 3 aliphatic rings. The molecule has 0 spiro atoms. The lowest BCUT2D eigenvalue weighted by atomic mass is 9.95. The Balaban J connectivity index is 1.56. The van der Waals surface area contributed by atoms with E-state index in [1.807, 2.05) is 0 Å². The highest BCUT2D eigenvalue weighted by Gasteiger charge is 2.46. The van der Waals surface area contributed by atoms with E-state index in [4.69, 9.17) is 37.4 Å². The van der Waals surface area contributed by atoms with Gasteiger partial charge in [-0.25, -0.2) is 0 Å². The Kier molecular flexibility index (Phi) is 6.88. The van der Waals surface area contributed by atoms with E-state index in [-0.39, 0.29) is 17.9 Å². The molecule has 1 amide bonds. The zero-order valence-corrected chi connectivity index (χ0v) is 20.3. The van der Waals surface area contributed by atoms with Crippen LogP contribution in [0.15, 0.2) is 42.0 Å². The van der Waals surface area contributed by atoms with Gasteiger partial charge in [-0.05, 0) is 35.9 Å². The van der Waals surface area contributed by atoms with Crippen LogP contribution in [0.25, 0.3) is 5.76 Å². The number of hydrogen-bond donors (Lipinski definition) is 1. The van der Waals surface area contributed by atoms with E-state index >= 15 is 0 Å². The minimum absolute atomic E-state index is 0.0297. The van der Waals surface area contributed by atoms with Crippen LogP contribution in [0.5, 0.6) is 11.5 Å². The summed E-state index contributed by atoms with van der Waals surface area (Å²) in [5.74, 6) is -0.743. The van der Waals surface area contributed by atoms with Gasteiger partial charge in [-0.1, -0.05) is 29.3 Å². The lowest BCUT2D eigenvalue weighted by molar-refractivity contribution is -0.140. The number of carbonyl (C=O) groups excluding carboxylic acids is 2. The van der Waals surface area contributed by atoms with Gasteiger partial charge < -0.3 is 24.2 Å². The molecule has 5 rings (SSSR count). The van der Waals surface area contributed by atoms with Crippen LogP contribution in [0.4, 0.5) is 0 Å². The number of ketones is 1. The molecule has 1 atom stereocenters. The molecule has 2 fully saturated rings. The molecule has 1 N–H and O–H groups in total. The average molecular weight is 519 g/mol. The SMILES string of the molecule is O=C1C(=O)N(CCN2CCOCC2)C(c2ccc(Cl)cc2Cl)/C1=C(\O)c1ccc2c(c1)OCCO2. The molecule has 0 bridgehead atoms. The number of nitrogens with zero attached hydrogens (tertiary/aromatic N) is 2. The normalized spacial score (nSPS) is 22.0. The van der Waals surface area contributed by atoms with E-state index in [1.165, 1.54) is 4.90 Å². The molecule has 3 aliphatic heterocycles. The molecule has 10 heteroatoms. The van der Waals surface area contributed by atoms with Gasteiger partial charge in [0.25, 0.3) is 11.7 Å². The number of carbonyl (C=O) groups is 2. The highest BCUT2D eigenvalue weighted by atomic mass is 35.5. The van der Waals surface area contributed by atoms with E-state index in [2.05, 4.69) is 4.90 Å². The summed E-state index contributed by atoms with van der Waals surface area (Å²) >= 11 is 12.6. The summed E-state index contributed by atoms with van der Waals surface area (Å²) < 4.78 is 16.6. The Morgan fingerprint density at radius 3 is 2.43 bits per heavy atom. The quantitative estimate of drug-likeness (QED) is 0.368. The largest absolute Gasteiger partial charge is 0.507 e. The van der Waals surface area contributed by atoms with E-state index in [0.29, 0.717) is 65.6 Å². The summed E-state index contributed by atoms with van der Waals surface area (Å²) in [6.45, 7) is 4.38. The van der Waals surface area contributed by atoms with E-state index < -0.39 is 17.7 Å². The lowest BCUT2D eigenvalue weighted by Crippen LogP contribution is -2.42. The first-order valence-electron chi connectivity index (χ1n) is 11.4. The van der Waals surface area contributed by atoms with Crippen LogP contribution in [0, 0.1) is 0 Å². The van der Waals surface area contributed by atoms with Crippen LogP contribution >= 0.6 is 23.2 Å². The van der Waals surface area contributed by atoms with Crippen molar-refractivity contribution in [3.05, 3.63) is 63.1 Å². The first kappa shape index (κ1) is 23.9. The predicted octanol–water partition coefficient (Wildman–Crippen LogP) is 3.52. The minimum Gasteiger partial charge on any atom is -0.507 e. The van der Waals surface area contributed by atoms with Crippen molar-refractivity contribution in [1.29, 1.82) is 0 Å². The van der Waals surface area contributed by atoms with Crippen LogP contribution in [0.1, 0.15) is 17.2 Å². The molecule has 0 aromatic heterocycles. The van der Waals surface area contributed by atoms with Crippen molar-refractivity contribution >= 4 is 40.7 Å². The van der Waals surface area contributed by atoms with Gasteiger partial charge in [-0.3, -0.25) is 14.5 Å². The molecule has 0 saturated carbocycles. The van der Waals surface area contributed by atoms with Crippen molar-refractivity contribution in [2.45, 2.75) is 6.04 Å². The number of morpholine rings is 1. The van der Waals surface area contributed by atoms with Gasteiger partial charge in [0.2, 0.25) is 0 Å². The maximum Gasteiger partial charge on any atom is 0.295 e. The predicted molar refractivity (Wildman–Crippen MR) is 130 cm³/mol. The first-order valence-corrected chi connectivity index (χ1v) is 12.1. The Morgan fingerprint density at radius 2 is 1.69 bits per heavy atom. The molecule has 0 radical (unpaired) electrons. The summed E-state index contributed by atoms with van der Waals surface area (Å²) in [5, 5.41) is 12.0. The summed E-state index contributed by atoms with van der Waals surface area (Å²) in [4.78, 5) is 30.1. The maximum absolute atomic E-state index is 13.3. The molecule has 2 saturated heterocycles. The fraction of sp³-hybridized carbons (Fsp3) is 0.360. The zero-order valence-electron chi connectivity index (χ0n) is 18.8. The molecule has 3 heterocycles. The molecule has 184 valence electrons. The third-order valence-electron chi connectivity index (χ3n) is 6.37. The molecule has 2 aromatic carbocycles. The monoisotopic (exact) mass is 518 g/mol. The molecular weight excluding hydrogens is 495 g/mol. The topological polar surface area (TPSA) is 88.5 Å². The zero-order chi connectivity index (χ0) is 24.5. The van der Waals surface area contributed by atoms with Gasteiger partial charge in [-0.15, -0.1) is 0 Å². The van der Waals surface area contributed by atoms with Crippen molar-refractivity contribution in [1.82, 2.24) is 9.80 Å². The number of rotatable bonds is 5. The standard InChI is InChI=1S/C25H24Cl2N2O6/c26-16-2-3-17(18(27)14-16)22-21(23(30)15-1-4-19-20(13-15)35-12-11-34-19)24(31)25(32)29(22)6-5-28-7-9-33-10-8-28/h1-4,13-14,22,30H,5-12H2/b23-21+.